The van der Waals surface area contributed by atoms with Gasteiger partial charge in [0.2, 0.25) is 0 Å². The van der Waals surface area contributed by atoms with Gasteiger partial charge in [0.15, 0.2) is 5.16 Å². The van der Waals surface area contributed by atoms with Crippen LogP contribution < -0.4 is 5.73 Å². The maximum Gasteiger partial charge on any atom is 0.188 e. The third-order valence-corrected chi connectivity index (χ3v) is 3.31. The molecule has 0 atom stereocenters. The molecule has 1 aromatic carbocycles. The molecule has 94 valence electrons. The predicted octanol–water partition coefficient (Wildman–Crippen LogP) is 3.11. The average Bonchev–Trinajstić information content (AvgIpc) is 2.29. The monoisotopic (exact) mass is 263 g/mol. The highest BCUT2D eigenvalue weighted by Crippen LogP contribution is 2.21. The first-order chi connectivity index (χ1) is 8.54. The van der Waals surface area contributed by atoms with Crippen LogP contribution in [0.3, 0.4) is 0 Å². The van der Waals surface area contributed by atoms with E-state index in [1.807, 2.05) is 26.0 Å². The highest BCUT2D eigenvalue weighted by Gasteiger charge is 2.04. The molecule has 0 saturated carbocycles. The number of thioether (sulfide) groups is 1. The van der Waals surface area contributed by atoms with E-state index in [1.165, 1.54) is 17.8 Å². The molecule has 0 aliphatic rings. The van der Waals surface area contributed by atoms with Gasteiger partial charge in [-0.25, -0.2) is 14.4 Å². The predicted molar refractivity (Wildman–Crippen MR) is 71.9 cm³/mol. The van der Waals surface area contributed by atoms with Crippen molar-refractivity contribution in [3.05, 3.63) is 47.0 Å². The van der Waals surface area contributed by atoms with Gasteiger partial charge in [-0.2, -0.15) is 0 Å². The second-order valence-electron chi connectivity index (χ2n) is 4.08. The highest BCUT2D eigenvalue weighted by atomic mass is 32.2. The summed E-state index contributed by atoms with van der Waals surface area (Å²) < 4.78 is 13.3. The zero-order chi connectivity index (χ0) is 13.1. The molecular formula is C13H14FN3S. The fraction of sp³-hybridized carbons (Fsp3) is 0.231. The number of nitrogens with two attached hydrogens (primary N) is 1. The molecule has 0 unspecified atom stereocenters. The fourth-order valence-corrected chi connectivity index (χ4v) is 2.46. The normalized spacial score (nSPS) is 10.6. The Hall–Kier alpha value is -1.62. The number of hydrogen-bond donors (Lipinski definition) is 1. The van der Waals surface area contributed by atoms with Crippen molar-refractivity contribution in [2.45, 2.75) is 24.8 Å². The summed E-state index contributed by atoms with van der Waals surface area (Å²) >= 11 is 1.49. The van der Waals surface area contributed by atoms with Crippen LogP contribution in [-0.4, -0.2) is 9.97 Å². The summed E-state index contributed by atoms with van der Waals surface area (Å²) in [5, 5.41) is 0.713. The topological polar surface area (TPSA) is 51.8 Å². The van der Waals surface area contributed by atoms with E-state index in [4.69, 9.17) is 5.73 Å². The second-order valence-corrected chi connectivity index (χ2v) is 5.02. The van der Waals surface area contributed by atoms with Crippen LogP contribution in [-0.2, 0) is 5.75 Å². The molecule has 18 heavy (non-hydrogen) atoms. The van der Waals surface area contributed by atoms with E-state index in [0.717, 1.165) is 17.0 Å². The molecule has 2 aromatic rings. The molecule has 1 aromatic heterocycles. The van der Waals surface area contributed by atoms with Gasteiger partial charge in [-0.15, -0.1) is 0 Å². The molecule has 0 aliphatic carbocycles. The van der Waals surface area contributed by atoms with Crippen LogP contribution in [0.15, 0.2) is 29.4 Å². The minimum Gasteiger partial charge on any atom is -0.396 e. The van der Waals surface area contributed by atoms with E-state index in [0.29, 0.717) is 10.9 Å². The molecule has 5 heteroatoms. The first-order valence-electron chi connectivity index (χ1n) is 5.53. The van der Waals surface area contributed by atoms with Gasteiger partial charge in [0, 0.05) is 17.1 Å². The molecule has 0 saturated heterocycles. The Kier molecular flexibility index (Phi) is 3.81. The minimum absolute atomic E-state index is 0.173. The average molecular weight is 263 g/mol. The van der Waals surface area contributed by atoms with Gasteiger partial charge in [-0.3, -0.25) is 0 Å². The van der Waals surface area contributed by atoms with Crippen LogP contribution in [0.4, 0.5) is 10.1 Å². The van der Waals surface area contributed by atoms with E-state index in [9.17, 15) is 4.39 Å². The summed E-state index contributed by atoms with van der Waals surface area (Å²) in [5.74, 6) is 0.245. The molecule has 0 fully saturated rings. The van der Waals surface area contributed by atoms with Gasteiger partial charge in [-0.1, -0.05) is 17.8 Å². The summed E-state index contributed by atoms with van der Waals surface area (Å²) in [4.78, 5) is 8.64. The Morgan fingerprint density at radius 1 is 1.17 bits per heavy atom. The number of halogens is 1. The zero-order valence-corrected chi connectivity index (χ0v) is 11.1. The lowest BCUT2D eigenvalue weighted by atomic mass is 10.2. The molecule has 3 nitrogen and oxygen atoms in total. The van der Waals surface area contributed by atoms with Crippen molar-refractivity contribution >= 4 is 17.4 Å². The smallest absolute Gasteiger partial charge is 0.188 e. The van der Waals surface area contributed by atoms with Gasteiger partial charge in [0.05, 0.1) is 5.69 Å². The Balaban J connectivity index is 2.08. The lowest BCUT2D eigenvalue weighted by Gasteiger charge is -2.04. The summed E-state index contributed by atoms with van der Waals surface area (Å²) in [7, 11) is 0. The van der Waals surface area contributed by atoms with Crippen LogP contribution in [0.5, 0.6) is 0 Å². The first-order valence-corrected chi connectivity index (χ1v) is 6.52. The Morgan fingerprint density at radius 2 is 1.83 bits per heavy atom. The largest absolute Gasteiger partial charge is 0.396 e. The van der Waals surface area contributed by atoms with Crippen molar-refractivity contribution in [1.82, 2.24) is 9.97 Å². The van der Waals surface area contributed by atoms with Crippen LogP contribution in [0, 0.1) is 19.7 Å². The van der Waals surface area contributed by atoms with E-state index in [-0.39, 0.29) is 11.5 Å². The summed E-state index contributed by atoms with van der Waals surface area (Å²) in [6, 6.07) is 6.76. The number of anilines is 1. The van der Waals surface area contributed by atoms with Crippen molar-refractivity contribution in [2.75, 3.05) is 5.73 Å². The van der Waals surface area contributed by atoms with Crippen LogP contribution in [0.1, 0.15) is 17.0 Å². The Labute approximate surface area is 110 Å². The summed E-state index contributed by atoms with van der Waals surface area (Å²) in [6.45, 7) is 3.86. The molecule has 2 rings (SSSR count). The highest BCUT2D eigenvalue weighted by molar-refractivity contribution is 7.98. The maximum atomic E-state index is 13.3. The lowest BCUT2D eigenvalue weighted by Crippen LogP contribution is -1.94. The number of nitrogen functional groups attached to an aromatic ring is 1. The van der Waals surface area contributed by atoms with Gasteiger partial charge >= 0.3 is 0 Å². The molecule has 1 heterocycles. The zero-order valence-electron chi connectivity index (χ0n) is 10.3. The van der Waals surface area contributed by atoms with Gasteiger partial charge in [-0.05, 0) is 37.6 Å². The Morgan fingerprint density at radius 3 is 2.44 bits per heavy atom. The van der Waals surface area contributed by atoms with E-state index >= 15 is 0 Å². The van der Waals surface area contributed by atoms with E-state index in [1.54, 1.807) is 6.07 Å². The SMILES string of the molecule is Cc1cc(C)nc(SCc2ccc(N)c(F)c2)n1. The van der Waals surface area contributed by atoms with Crippen LogP contribution in [0.2, 0.25) is 0 Å². The molecular weight excluding hydrogens is 249 g/mol. The first kappa shape index (κ1) is 12.8. The van der Waals surface area contributed by atoms with Crippen molar-refractivity contribution in [3.8, 4) is 0 Å². The molecule has 0 bridgehead atoms. The van der Waals surface area contributed by atoms with Gasteiger partial charge < -0.3 is 5.73 Å². The third kappa shape index (κ3) is 3.20. The molecule has 0 spiro atoms. The van der Waals surface area contributed by atoms with Crippen LogP contribution >= 0.6 is 11.8 Å². The number of aromatic nitrogens is 2. The second kappa shape index (κ2) is 5.35. The van der Waals surface area contributed by atoms with E-state index < -0.39 is 0 Å². The molecule has 2 N–H and O–H groups in total. The van der Waals surface area contributed by atoms with Crippen molar-refractivity contribution in [3.63, 3.8) is 0 Å². The minimum atomic E-state index is -0.380. The fourth-order valence-electron chi connectivity index (χ4n) is 1.57. The van der Waals surface area contributed by atoms with E-state index in [2.05, 4.69) is 9.97 Å². The van der Waals surface area contributed by atoms with Crippen LogP contribution in [0.25, 0.3) is 0 Å². The standard InChI is InChI=1S/C13H14FN3S/c1-8-5-9(2)17-13(16-8)18-7-10-3-4-12(15)11(14)6-10/h3-6H,7,15H2,1-2H3. The number of benzene rings is 1. The molecule has 0 radical (unpaired) electrons. The maximum absolute atomic E-state index is 13.3. The lowest BCUT2D eigenvalue weighted by molar-refractivity contribution is 0.631. The molecule has 0 aliphatic heterocycles. The number of aryl methyl sites for hydroxylation is 2. The van der Waals surface area contributed by atoms with Crippen molar-refractivity contribution in [1.29, 1.82) is 0 Å². The van der Waals surface area contributed by atoms with Gasteiger partial charge in [0.1, 0.15) is 5.82 Å². The third-order valence-electron chi connectivity index (χ3n) is 2.39. The quantitative estimate of drug-likeness (QED) is 0.525. The molecule has 0 amide bonds. The number of nitrogens with zero attached hydrogens (tertiary/aromatic N) is 2. The Bertz CT molecular complexity index is 552. The van der Waals surface area contributed by atoms with Crippen molar-refractivity contribution < 1.29 is 4.39 Å². The number of hydrogen-bond acceptors (Lipinski definition) is 4. The summed E-state index contributed by atoms with van der Waals surface area (Å²) in [6.07, 6.45) is 0. The van der Waals surface area contributed by atoms with Crippen molar-refractivity contribution in [2.24, 2.45) is 0 Å². The number of rotatable bonds is 3. The summed E-state index contributed by atoms with van der Waals surface area (Å²) in [5.41, 5.74) is 8.35. The van der Waals surface area contributed by atoms with Gasteiger partial charge in [0.25, 0.3) is 0 Å².